The van der Waals surface area contributed by atoms with Gasteiger partial charge in [0.1, 0.15) is 0 Å². The number of hydrogen-bond donors (Lipinski definition) is 0. The summed E-state index contributed by atoms with van der Waals surface area (Å²) in [6.07, 6.45) is 11.9. The Bertz CT molecular complexity index is 666. The van der Waals surface area contributed by atoms with Gasteiger partial charge in [0.15, 0.2) is 5.75 Å². The first-order valence-corrected chi connectivity index (χ1v) is 9.37. The molecule has 0 aliphatic carbocycles. The van der Waals surface area contributed by atoms with E-state index in [1.165, 1.54) is 31.2 Å². The predicted molar refractivity (Wildman–Crippen MR) is 103 cm³/mol. The molecule has 0 radical (unpaired) electrons. The molecular formula is C22H28N2O. The van der Waals surface area contributed by atoms with Crippen molar-refractivity contribution in [3.8, 4) is 17.6 Å². The maximum Gasteiger partial charge on any atom is 0.205 e. The van der Waals surface area contributed by atoms with Gasteiger partial charge >= 0.3 is 0 Å². The van der Waals surface area contributed by atoms with E-state index in [1.54, 1.807) is 12.4 Å². The maximum absolute atomic E-state index is 5.55. The Morgan fingerprint density at radius 3 is 2.24 bits per heavy atom. The first kappa shape index (κ1) is 19.0. The van der Waals surface area contributed by atoms with Crippen molar-refractivity contribution in [2.75, 3.05) is 6.61 Å². The van der Waals surface area contributed by atoms with Gasteiger partial charge < -0.3 is 4.74 Å². The summed E-state index contributed by atoms with van der Waals surface area (Å²) < 4.78 is 5.55. The molecule has 1 aromatic carbocycles. The van der Waals surface area contributed by atoms with Gasteiger partial charge in [-0.1, -0.05) is 57.6 Å². The monoisotopic (exact) mass is 336 g/mol. The van der Waals surface area contributed by atoms with Crippen molar-refractivity contribution in [2.24, 2.45) is 0 Å². The molecule has 0 fully saturated rings. The summed E-state index contributed by atoms with van der Waals surface area (Å²) in [6.45, 7) is 5.08. The van der Waals surface area contributed by atoms with Crippen LogP contribution in [0.15, 0.2) is 36.7 Å². The SMILES string of the molecule is CCCCCCc1ccc(C#Cc2ncc(OCCCC)cn2)cc1. The number of unbranched alkanes of at least 4 members (excludes halogenated alkanes) is 4. The van der Waals surface area contributed by atoms with Crippen LogP contribution in [0.25, 0.3) is 0 Å². The van der Waals surface area contributed by atoms with Gasteiger partial charge in [0.05, 0.1) is 19.0 Å². The fraction of sp³-hybridized carbons (Fsp3) is 0.455. The second-order valence-corrected chi connectivity index (χ2v) is 6.20. The average Bonchev–Trinajstić information content (AvgIpc) is 2.66. The number of rotatable bonds is 9. The van der Waals surface area contributed by atoms with Crippen molar-refractivity contribution in [3.05, 3.63) is 53.6 Å². The van der Waals surface area contributed by atoms with Crippen LogP contribution >= 0.6 is 0 Å². The zero-order valence-electron chi connectivity index (χ0n) is 15.4. The minimum Gasteiger partial charge on any atom is -0.490 e. The molecule has 0 bridgehead atoms. The standard InChI is InChI=1S/C22H28N2O/c1-3-5-7-8-9-19-10-12-20(13-11-19)14-15-22-23-17-21(18-24-22)25-16-6-4-2/h10-13,17-18H,3-9,16H2,1-2H3. The van der Waals surface area contributed by atoms with Crippen molar-refractivity contribution in [1.82, 2.24) is 9.97 Å². The Kier molecular flexibility index (Phi) is 8.55. The Labute approximate surface area is 151 Å². The van der Waals surface area contributed by atoms with Crippen LogP contribution in [0.3, 0.4) is 0 Å². The summed E-state index contributed by atoms with van der Waals surface area (Å²) >= 11 is 0. The molecule has 0 unspecified atom stereocenters. The Hall–Kier alpha value is -2.34. The van der Waals surface area contributed by atoms with E-state index < -0.39 is 0 Å². The molecule has 0 atom stereocenters. The van der Waals surface area contributed by atoms with Crippen LogP contribution in [0.2, 0.25) is 0 Å². The van der Waals surface area contributed by atoms with Gasteiger partial charge in [-0.2, -0.15) is 0 Å². The molecule has 0 aliphatic heterocycles. The molecule has 2 aromatic rings. The van der Waals surface area contributed by atoms with E-state index in [2.05, 4.69) is 59.9 Å². The Morgan fingerprint density at radius 1 is 0.840 bits per heavy atom. The van der Waals surface area contributed by atoms with E-state index in [1.807, 2.05) is 0 Å². The molecule has 0 saturated carbocycles. The molecule has 25 heavy (non-hydrogen) atoms. The van der Waals surface area contributed by atoms with Gasteiger partial charge in [0, 0.05) is 5.56 Å². The topological polar surface area (TPSA) is 35.0 Å². The van der Waals surface area contributed by atoms with Gasteiger partial charge in [-0.25, -0.2) is 9.97 Å². The minimum atomic E-state index is 0.520. The minimum absolute atomic E-state index is 0.520. The van der Waals surface area contributed by atoms with Gasteiger partial charge in [-0.3, -0.25) is 0 Å². The van der Waals surface area contributed by atoms with Gasteiger partial charge in [0.25, 0.3) is 0 Å². The van der Waals surface area contributed by atoms with Crippen LogP contribution in [0.5, 0.6) is 5.75 Å². The van der Waals surface area contributed by atoms with Crippen LogP contribution in [0, 0.1) is 11.8 Å². The van der Waals surface area contributed by atoms with E-state index in [9.17, 15) is 0 Å². The first-order chi connectivity index (χ1) is 12.3. The lowest BCUT2D eigenvalue weighted by Gasteiger charge is -2.03. The summed E-state index contributed by atoms with van der Waals surface area (Å²) in [6, 6.07) is 8.48. The lowest BCUT2D eigenvalue weighted by molar-refractivity contribution is 0.307. The molecule has 0 saturated heterocycles. The molecule has 1 aromatic heterocycles. The molecule has 132 valence electrons. The average molecular weight is 336 g/mol. The van der Waals surface area contributed by atoms with E-state index >= 15 is 0 Å². The Balaban J connectivity index is 1.85. The highest BCUT2D eigenvalue weighted by Gasteiger charge is 1.97. The molecule has 0 amide bonds. The van der Waals surface area contributed by atoms with Crippen LogP contribution in [0.1, 0.15) is 69.3 Å². The lowest BCUT2D eigenvalue weighted by Crippen LogP contribution is -1.98. The maximum atomic E-state index is 5.55. The van der Waals surface area contributed by atoms with E-state index in [-0.39, 0.29) is 0 Å². The molecule has 3 nitrogen and oxygen atoms in total. The third kappa shape index (κ3) is 7.39. The fourth-order valence-electron chi connectivity index (χ4n) is 2.43. The third-order valence-corrected chi connectivity index (χ3v) is 3.99. The van der Waals surface area contributed by atoms with Crippen LogP contribution < -0.4 is 4.74 Å². The van der Waals surface area contributed by atoms with E-state index in [4.69, 9.17) is 4.74 Å². The van der Waals surface area contributed by atoms with Crippen LogP contribution in [-0.2, 0) is 6.42 Å². The third-order valence-electron chi connectivity index (χ3n) is 3.99. The van der Waals surface area contributed by atoms with Crippen molar-refractivity contribution in [3.63, 3.8) is 0 Å². The normalized spacial score (nSPS) is 10.2. The second-order valence-electron chi connectivity index (χ2n) is 6.20. The highest BCUT2D eigenvalue weighted by atomic mass is 16.5. The highest BCUT2D eigenvalue weighted by Crippen LogP contribution is 2.10. The summed E-state index contributed by atoms with van der Waals surface area (Å²) in [7, 11) is 0. The summed E-state index contributed by atoms with van der Waals surface area (Å²) in [5, 5.41) is 0. The zero-order valence-corrected chi connectivity index (χ0v) is 15.4. The number of hydrogen-bond acceptors (Lipinski definition) is 3. The number of aryl methyl sites for hydroxylation is 1. The van der Waals surface area contributed by atoms with E-state index in [0.29, 0.717) is 18.2 Å². The van der Waals surface area contributed by atoms with E-state index in [0.717, 1.165) is 24.8 Å². The van der Waals surface area contributed by atoms with Crippen LogP contribution in [0.4, 0.5) is 0 Å². The van der Waals surface area contributed by atoms with Crippen molar-refractivity contribution < 1.29 is 4.74 Å². The molecular weight excluding hydrogens is 308 g/mol. The zero-order chi connectivity index (χ0) is 17.7. The number of nitrogens with zero attached hydrogens (tertiary/aromatic N) is 2. The molecule has 2 rings (SSSR count). The van der Waals surface area contributed by atoms with Crippen LogP contribution in [-0.4, -0.2) is 16.6 Å². The number of aromatic nitrogens is 2. The molecule has 3 heteroatoms. The molecule has 0 aliphatic rings. The number of benzene rings is 1. The highest BCUT2D eigenvalue weighted by molar-refractivity contribution is 5.39. The smallest absolute Gasteiger partial charge is 0.205 e. The largest absolute Gasteiger partial charge is 0.490 e. The van der Waals surface area contributed by atoms with Gasteiger partial charge in [-0.05, 0) is 42.9 Å². The second kappa shape index (κ2) is 11.3. The molecule has 1 heterocycles. The van der Waals surface area contributed by atoms with Crippen molar-refractivity contribution in [1.29, 1.82) is 0 Å². The summed E-state index contributed by atoms with van der Waals surface area (Å²) in [5.74, 6) is 7.35. The lowest BCUT2D eigenvalue weighted by atomic mass is 10.0. The fourth-order valence-corrected chi connectivity index (χ4v) is 2.43. The molecule has 0 spiro atoms. The first-order valence-electron chi connectivity index (χ1n) is 9.37. The van der Waals surface area contributed by atoms with Crippen molar-refractivity contribution >= 4 is 0 Å². The summed E-state index contributed by atoms with van der Waals surface area (Å²) in [5.41, 5.74) is 2.37. The quantitative estimate of drug-likeness (QED) is 0.467. The van der Waals surface area contributed by atoms with Crippen molar-refractivity contribution in [2.45, 2.75) is 58.8 Å². The summed E-state index contributed by atoms with van der Waals surface area (Å²) in [4.78, 5) is 8.48. The molecule has 0 N–H and O–H groups in total. The van der Waals surface area contributed by atoms with Gasteiger partial charge in [-0.15, -0.1) is 0 Å². The Morgan fingerprint density at radius 2 is 1.56 bits per heavy atom. The number of ether oxygens (including phenoxy) is 1. The predicted octanol–water partition coefficient (Wildman–Crippen LogP) is 5.18. The van der Waals surface area contributed by atoms with Gasteiger partial charge in [0.2, 0.25) is 5.82 Å².